The van der Waals surface area contributed by atoms with E-state index in [9.17, 15) is 9.90 Å². The highest BCUT2D eigenvalue weighted by Gasteiger charge is 2.31. The molecule has 0 aliphatic heterocycles. The molecule has 1 fully saturated rings. The van der Waals surface area contributed by atoms with E-state index in [-0.39, 0.29) is 6.61 Å². The van der Waals surface area contributed by atoms with Gasteiger partial charge in [0.05, 0.1) is 6.61 Å². The van der Waals surface area contributed by atoms with Crippen LogP contribution in [0.4, 0.5) is 0 Å². The van der Waals surface area contributed by atoms with E-state index in [2.05, 4.69) is 4.98 Å². The fraction of sp³-hybridized carbons (Fsp3) is 0.500. The lowest BCUT2D eigenvalue weighted by atomic mass is 10.0. The van der Waals surface area contributed by atoms with Crippen molar-refractivity contribution in [1.29, 1.82) is 0 Å². The number of ether oxygens (including phenoxy) is 1. The number of carbonyl (C=O) groups excluding carboxylic acids is 1. The summed E-state index contributed by atoms with van der Waals surface area (Å²) in [6.07, 6.45) is 2.65. The highest BCUT2D eigenvalue weighted by Crippen LogP contribution is 2.41. The molecular weight excluding hydrogens is 206 g/mol. The fourth-order valence-electron chi connectivity index (χ4n) is 1.71. The Labute approximate surface area is 94.3 Å². The van der Waals surface area contributed by atoms with Crippen molar-refractivity contribution in [3.05, 3.63) is 29.6 Å². The lowest BCUT2D eigenvalue weighted by molar-refractivity contribution is -0.153. The Morgan fingerprint density at radius 2 is 2.44 bits per heavy atom. The second-order valence-corrected chi connectivity index (χ2v) is 3.91. The number of nitrogens with zero attached hydrogens (tertiary/aromatic N) is 1. The first-order valence-corrected chi connectivity index (χ1v) is 5.53. The summed E-state index contributed by atoms with van der Waals surface area (Å²) in [5.74, 6) is -0.197. The molecule has 1 saturated carbocycles. The van der Waals surface area contributed by atoms with E-state index in [1.54, 1.807) is 25.3 Å². The first-order chi connectivity index (χ1) is 7.74. The van der Waals surface area contributed by atoms with E-state index < -0.39 is 12.1 Å². The standard InChI is InChI=1S/C12H15NO3/c1-2-16-12(15)11(14)9-4-3-7-13-10(9)8-5-6-8/h3-4,7-8,11,14H,2,5-6H2,1H3. The summed E-state index contributed by atoms with van der Waals surface area (Å²) < 4.78 is 4.80. The van der Waals surface area contributed by atoms with Gasteiger partial charge in [-0.3, -0.25) is 4.98 Å². The zero-order valence-corrected chi connectivity index (χ0v) is 9.22. The molecule has 0 spiro atoms. The van der Waals surface area contributed by atoms with Gasteiger partial charge < -0.3 is 9.84 Å². The van der Waals surface area contributed by atoms with E-state index in [1.807, 2.05) is 0 Å². The molecule has 1 unspecified atom stereocenters. The highest BCUT2D eigenvalue weighted by atomic mass is 16.5. The molecule has 1 aliphatic carbocycles. The van der Waals surface area contributed by atoms with Gasteiger partial charge in [-0.1, -0.05) is 6.07 Å². The molecule has 1 aromatic rings. The molecule has 0 radical (unpaired) electrons. The van der Waals surface area contributed by atoms with Gasteiger partial charge in [0, 0.05) is 23.4 Å². The second-order valence-electron chi connectivity index (χ2n) is 3.91. The number of carbonyl (C=O) groups is 1. The number of aliphatic hydroxyl groups is 1. The summed E-state index contributed by atoms with van der Waals surface area (Å²) in [5.41, 5.74) is 1.42. The van der Waals surface area contributed by atoms with Gasteiger partial charge in [-0.15, -0.1) is 0 Å². The minimum Gasteiger partial charge on any atom is -0.464 e. The topological polar surface area (TPSA) is 59.4 Å². The van der Waals surface area contributed by atoms with Crippen LogP contribution in [0.25, 0.3) is 0 Å². The lowest BCUT2D eigenvalue weighted by Crippen LogP contribution is -2.17. The van der Waals surface area contributed by atoms with Crippen molar-refractivity contribution in [3.63, 3.8) is 0 Å². The minimum atomic E-state index is -1.20. The molecule has 1 N–H and O–H groups in total. The molecule has 1 heterocycles. The summed E-state index contributed by atoms with van der Waals surface area (Å²) in [4.78, 5) is 15.7. The number of esters is 1. The largest absolute Gasteiger partial charge is 0.464 e. The first-order valence-electron chi connectivity index (χ1n) is 5.53. The number of rotatable bonds is 4. The number of aliphatic hydroxyl groups excluding tert-OH is 1. The van der Waals surface area contributed by atoms with Gasteiger partial charge in [0.2, 0.25) is 0 Å². The van der Waals surface area contributed by atoms with Crippen LogP contribution < -0.4 is 0 Å². The Morgan fingerprint density at radius 1 is 1.69 bits per heavy atom. The second kappa shape index (κ2) is 4.61. The number of pyridine rings is 1. The van der Waals surface area contributed by atoms with Crippen LogP contribution in [0.15, 0.2) is 18.3 Å². The Kier molecular flexibility index (Phi) is 3.19. The van der Waals surface area contributed by atoms with Crippen molar-refractivity contribution >= 4 is 5.97 Å². The van der Waals surface area contributed by atoms with Gasteiger partial charge in [-0.05, 0) is 25.8 Å². The van der Waals surface area contributed by atoms with Crippen molar-refractivity contribution < 1.29 is 14.6 Å². The highest BCUT2D eigenvalue weighted by molar-refractivity contribution is 5.76. The molecule has 0 saturated heterocycles. The molecule has 86 valence electrons. The molecule has 1 aromatic heterocycles. The summed E-state index contributed by atoms with van der Waals surface area (Å²) in [6.45, 7) is 1.99. The third-order valence-electron chi connectivity index (χ3n) is 2.64. The predicted molar refractivity (Wildman–Crippen MR) is 57.8 cm³/mol. The predicted octanol–water partition coefficient (Wildman–Crippen LogP) is 1.56. The zero-order chi connectivity index (χ0) is 11.5. The van der Waals surface area contributed by atoms with E-state index in [4.69, 9.17) is 4.74 Å². The van der Waals surface area contributed by atoms with Crippen LogP contribution in [0.5, 0.6) is 0 Å². The zero-order valence-electron chi connectivity index (χ0n) is 9.22. The first kappa shape index (κ1) is 11.1. The summed E-state index contributed by atoms with van der Waals surface area (Å²) in [5, 5.41) is 9.86. The van der Waals surface area contributed by atoms with Crippen molar-refractivity contribution in [1.82, 2.24) is 4.98 Å². The molecule has 4 heteroatoms. The smallest absolute Gasteiger partial charge is 0.339 e. The van der Waals surface area contributed by atoms with Crippen molar-refractivity contribution in [2.45, 2.75) is 31.8 Å². The van der Waals surface area contributed by atoms with Gasteiger partial charge in [-0.25, -0.2) is 4.79 Å². The van der Waals surface area contributed by atoms with E-state index >= 15 is 0 Å². The minimum absolute atomic E-state index is 0.273. The lowest BCUT2D eigenvalue weighted by Gasteiger charge is -2.13. The molecule has 0 aromatic carbocycles. The van der Waals surface area contributed by atoms with Crippen LogP contribution in [0, 0.1) is 0 Å². The van der Waals surface area contributed by atoms with Crippen molar-refractivity contribution in [2.24, 2.45) is 0 Å². The van der Waals surface area contributed by atoms with Crippen molar-refractivity contribution in [2.75, 3.05) is 6.61 Å². The molecule has 0 amide bonds. The Morgan fingerprint density at radius 3 is 3.06 bits per heavy atom. The molecule has 1 aliphatic rings. The summed E-state index contributed by atoms with van der Waals surface area (Å²) in [7, 11) is 0. The maximum absolute atomic E-state index is 11.4. The Bertz CT molecular complexity index is 388. The normalized spacial score (nSPS) is 16.9. The number of aromatic nitrogens is 1. The van der Waals surface area contributed by atoms with E-state index in [1.165, 1.54) is 0 Å². The van der Waals surface area contributed by atoms with Gasteiger partial charge >= 0.3 is 5.97 Å². The quantitative estimate of drug-likeness (QED) is 0.784. The number of hydrogen-bond acceptors (Lipinski definition) is 4. The SMILES string of the molecule is CCOC(=O)C(O)c1cccnc1C1CC1. The van der Waals surface area contributed by atoms with Crippen molar-refractivity contribution in [3.8, 4) is 0 Å². The van der Waals surface area contributed by atoms with Crippen LogP contribution in [-0.4, -0.2) is 22.7 Å². The molecule has 1 atom stereocenters. The van der Waals surface area contributed by atoms with Gasteiger partial charge in [0.25, 0.3) is 0 Å². The maximum Gasteiger partial charge on any atom is 0.339 e. The average Bonchev–Trinajstić information content (AvgIpc) is 3.12. The van der Waals surface area contributed by atoms with Gasteiger partial charge in [-0.2, -0.15) is 0 Å². The van der Waals surface area contributed by atoms with Crippen LogP contribution in [0.3, 0.4) is 0 Å². The van der Waals surface area contributed by atoms with E-state index in [0.29, 0.717) is 11.5 Å². The molecule has 4 nitrogen and oxygen atoms in total. The molecular formula is C12H15NO3. The molecule has 16 heavy (non-hydrogen) atoms. The third-order valence-corrected chi connectivity index (χ3v) is 2.64. The maximum atomic E-state index is 11.4. The average molecular weight is 221 g/mol. The number of hydrogen-bond donors (Lipinski definition) is 1. The Hall–Kier alpha value is -1.42. The van der Waals surface area contributed by atoms with Crippen LogP contribution in [0.1, 0.15) is 43.0 Å². The van der Waals surface area contributed by atoms with Gasteiger partial charge in [0.1, 0.15) is 0 Å². The Balaban J connectivity index is 2.21. The monoisotopic (exact) mass is 221 g/mol. The molecule has 2 rings (SSSR count). The van der Waals surface area contributed by atoms with Crippen LogP contribution in [-0.2, 0) is 9.53 Å². The molecule has 0 bridgehead atoms. The van der Waals surface area contributed by atoms with E-state index in [0.717, 1.165) is 18.5 Å². The third kappa shape index (κ3) is 2.22. The van der Waals surface area contributed by atoms with Crippen LogP contribution >= 0.6 is 0 Å². The summed E-state index contributed by atoms with van der Waals surface area (Å²) >= 11 is 0. The van der Waals surface area contributed by atoms with Gasteiger partial charge in [0.15, 0.2) is 6.10 Å². The fourth-order valence-corrected chi connectivity index (χ4v) is 1.71. The summed E-state index contributed by atoms with van der Waals surface area (Å²) in [6, 6.07) is 3.46. The van der Waals surface area contributed by atoms with Crippen LogP contribution in [0.2, 0.25) is 0 Å².